The molecule has 0 aliphatic carbocycles. The molecule has 0 atom stereocenters. The highest BCUT2D eigenvalue weighted by Crippen LogP contribution is 2.27. The largest absolute Gasteiger partial charge is 0.497 e. The third-order valence-electron chi connectivity index (χ3n) is 5.26. The Hall–Kier alpha value is -3.11. The van der Waals surface area contributed by atoms with Crippen LogP contribution in [0.5, 0.6) is 11.5 Å². The average Bonchev–Trinajstić information content (AvgIpc) is 2.84. The second kappa shape index (κ2) is 12.6. The normalized spacial score (nSPS) is 10.5. The van der Waals surface area contributed by atoms with Crippen molar-refractivity contribution in [3.8, 4) is 11.5 Å². The molecule has 1 aromatic heterocycles. The molecular weight excluding hydrogens is 384 g/mol. The molecule has 0 aliphatic rings. The van der Waals surface area contributed by atoms with E-state index in [4.69, 9.17) is 9.47 Å². The fourth-order valence-corrected chi connectivity index (χ4v) is 3.51. The van der Waals surface area contributed by atoms with Gasteiger partial charge in [0.25, 0.3) is 0 Å². The van der Waals surface area contributed by atoms with Crippen molar-refractivity contribution in [3.63, 3.8) is 0 Å². The molecule has 3 rings (SSSR count). The third-order valence-corrected chi connectivity index (χ3v) is 5.26. The molecule has 0 bridgehead atoms. The summed E-state index contributed by atoms with van der Waals surface area (Å²) in [5, 5.41) is 3.57. The number of aryl methyl sites for hydroxylation is 1. The highest BCUT2D eigenvalue weighted by Gasteiger charge is 2.06. The standard InChI is InChI=1S/C27H32N2O2/c1-30-25-14-10-23(11-15-25)27(24-12-16-26(31-2)17-13-24)9-6-19-28-18-4-3-7-22-8-5-20-29-21-22/h5,8-17,20-21,28H,3-4,6-7,18-19H2,1-2H3. The van der Waals surface area contributed by atoms with Crippen molar-refractivity contribution >= 4 is 5.57 Å². The molecule has 0 fully saturated rings. The van der Waals surface area contributed by atoms with Gasteiger partial charge in [-0.05, 0) is 91.4 Å². The number of ether oxygens (including phenoxy) is 2. The van der Waals surface area contributed by atoms with E-state index < -0.39 is 0 Å². The fraction of sp³-hybridized carbons (Fsp3) is 0.296. The van der Waals surface area contributed by atoms with Crippen molar-refractivity contribution in [1.82, 2.24) is 10.3 Å². The number of methoxy groups -OCH3 is 2. The number of hydrogen-bond acceptors (Lipinski definition) is 4. The summed E-state index contributed by atoms with van der Waals surface area (Å²) in [5.41, 5.74) is 4.91. The van der Waals surface area contributed by atoms with E-state index >= 15 is 0 Å². The monoisotopic (exact) mass is 416 g/mol. The summed E-state index contributed by atoms with van der Waals surface area (Å²) in [7, 11) is 3.38. The molecule has 162 valence electrons. The van der Waals surface area contributed by atoms with Crippen molar-refractivity contribution in [2.75, 3.05) is 27.3 Å². The van der Waals surface area contributed by atoms with Crippen LogP contribution in [0.1, 0.15) is 36.0 Å². The number of benzene rings is 2. The van der Waals surface area contributed by atoms with Gasteiger partial charge in [-0.3, -0.25) is 4.98 Å². The topological polar surface area (TPSA) is 43.4 Å². The smallest absolute Gasteiger partial charge is 0.118 e. The molecule has 0 spiro atoms. The van der Waals surface area contributed by atoms with Gasteiger partial charge in [-0.1, -0.05) is 36.4 Å². The summed E-state index contributed by atoms with van der Waals surface area (Å²) in [6, 6.07) is 20.6. The van der Waals surface area contributed by atoms with E-state index in [0.717, 1.165) is 37.4 Å². The highest BCUT2D eigenvalue weighted by molar-refractivity contribution is 5.80. The Morgan fingerprint density at radius 2 is 1.48 bits per heavy atom. The maximum absolute atomic E-state index is 5.31. The molecule has 0 saturated heterocycles. The Labute approximate surface area is 186 Å². The minimum absolute atomic E-state index is 0.866. The van der Waals surface area contributed by atoms with Crippen molar-refractivity contribution in [1.29, 1.82) is 0 Å². The Bertz CT molecular complexity index is 870. The van der Waals surface area contributed by atoms with Gasteiger partial charge < -0.3 is 14.8 Å². The van der Waals surface area contributed by atoms with E-state index in [-0.39, 0.29) is 0 Å². The zero-order chi connectivity index (χ0) is 21.7. The Balaban J connectivity index is 1.53. The number of nitrogens with zero attached hydrogens (tertiary/aromatic N) is 1. The summed E-state index contributed by atoms with van der Waals surface area (Å²) in [4.78, 5) is 4.17. The Kier molecular flexibility index (Phi) is 9.14. The number of unbranched alkanes of at least 4 members (excludes halogenated alkanes) is 1. The van der Waals surface area contributed by atoms with Crippen LogP contribution in [0.2, 0.25) is 0 Å². The Morgan fingerprint density at radius 1 is 0.839 bits per heavy atom. The van der Waals surface area contributed by atoms with E-state index in [1.165, 1.54) is 35.1 Å². The first-order chi connectivity index (χ1) is 15.3. The van der Waals surface area contributed by atoms with Crippen LogP contribution < -0.4 is 14.8 Å². The second-order valence-corrected chi connectivity index (χ2v) is 7.43. The molecule has 1 N–H and O–H groups in total. The molecular formula is C27H32N2O2. The minimum atomic E-state index is 0.866. The van der Waals surface area contributed by atoms with Crippen LogP contribution in [0.15, 0.2) is 79.1 Å². The quantitative estimate of drug-likeness (QED) is 0.394. The maximum Gasteiger partial charge on any atom is 0.118 e. The fourth-order valence-electron chi connectivity index (χ4n) is 3.51. The maximum atomic E-state index is 5.31. The molecule has 2 aromatic carbocycles. The van der Waals surface area contributed by atoms with E-state index in [2.05, 4.69) is 46.7 Å². The molecule has 3 aromatic rings. The van der Waals surface area contributed by atoms with Crippen molar-refractivity contribution in [3.05, 3.63) is 95.8 Å². The lowest BCUT2D eigenvalue weighted by atomic mass is 9.96. The lowest BCUT2D eigenvalue weighted by molar-refractivity contribution is 0.414. The first-order valence-corrected chi connectivity index (χ1v) is 10.9. The minimum Gasteiger partial charge on any atom is -0.497 e. The molecule has 0 aliphatic heterocycles. The zero-order valence-electron chi connectivity index (χ0n) is 18.5. The molecule has 1 heterocycles. The molecule has 4 heteroatoms. The molecule has 31 heavy (non-hydrogen) atoms. The van der Waals surface area contributed by atoms with E-state index in [0.29, 0.717) is 0 Å². The highest BCUT2D eigenvalue weighted by atomic mass is 16.5. The van der Waals surface area contributed by atoms with Crippen LogP contribution in [0.4, 0.5) is 0 Å². The summed E-state index contributed by atoms with van der Waals surface area (Å²) in [5.74, 6) is 1.73. The van der Waals surface area contributed by atoms with Crippen LogP contribution >= 0.6 is 0 Å². The number of nitrogens with one attached hydrogen (secondary N) is 1. The van der Waals surface area contributed by atoms with Gasteiger partial charge in [-0.15, -0.1) is 0 Å². The van der Waals surface area contributed by atoms with Crippen LogP contribution in [0, 0.1) is 0 Å². The molecule has 0 radical (unpaired) electrons. The van der Waals surface area contributed by atoms with Gasteiger partial charge in [0.15, 0.2) is 0 Å². The van der Waals surface area contributed by atoms with Crippen LogP contribution in [0.3, 0.4) is 0 Å². The number of aromatic nitrogens is 1. The number of pyridine rings is 1. The lowest BCUT2D eigenvalue weighted by Gasteiger charge is -2.11. The first kappa shape index (κ1) is 22.6. The number of hydrogen-bond donors (Lipinski definition) is 1. The van der Waals surface area contributed by atoms with Gasteiger partial charge in [-0.2, -0.15) is 0 Å². The summed E-state index contributed by atoms with van der Waals surface area (Å²) in [6.07, 6.45) is 10.5. The van der Waals surface area contributed by atoms with Gasteiger partial charge in [0.2, 0.25) is 0 Å². The lowest BCUT2D eigenvalue weighted by Crippen LogP contribution is -2.16. The first-order valence-electron chi connectivity index (χ1n) is 10.9. The molecule has 4 nitrogen and oxygen atoms in total. The zero-order valence-corrected chi connectivity index (χ0v) is 18.5. The van der Waals surface area contributed by atoms with Crippen LogP contribution in [-0.2, 0) is 6.42 Å². The van der Waals surface area contributed by atoms with Gasteiger partial charge in [-0.25, -0.2) is 0 Å². The predicted molar refractivity (Wildman–Crippen MR) is 128 cm³/mol. The van der Waals surface area contributed by atoms with E-state index in [1.54, 1.807) is 14.2 Å². The van der Waals surface area contributed by atoms with Crippen molar-refractivity contribution in [2.45, 2.75) is 25.7 Å². The van der Waals surface area contributed by atoms with E-state index in [1.807, 2.05) is 42.7 Å². The van der Waals surface area contributed by atoms with Gasteiger partial charge in [0.1, 0.15) is 11.5 Å². The second-order valence-electron chi connectivity index (χ2n) is 7.43. The summed E-state index contributed by atoms with van der Waals surface area (Å²) in [6.45, 7) is 2.00. The van der Waals surface area contributed by atoms with Gasteiger partial charge in [0, 0.05) is 12.4 Å². The summed E-state index contributed by atoms with van der Waals surface area (Å²) < 4.78 is 10.6. The van der Waals surface area contributed by atoms with Gasteiger partial charge >= 0.3 is 0 Å². The average molecular weight is 417 g/mol. The summed E-state index contributed by atoms with van der Waals surface area (Å²) >= 11 is 0. The predicted octanol–water partition coefficient (Wildman–Crippen LogP) is 5.53. The third kappa shape index (κ3) is 7.26. The van der Waals surface area contributed by atoms with Crippen LogP contribution in [-0.4, -0.2) is 32.3 Å². The van der Waals surface area contributed by atoms with Crippen molar-refractivity contribution in [2.24, 2.45) is 0 Å². The van der Waals surface area contributed by atoms with E-state index in [9.17, 15) is 0 Å². The molecule has 0 amide bonds. The van der Waals surface area contributed by atoms with Gasteiger partial charge in [0.05, 0.1) is 14.2 Å². The number of rotatable bonds is 12. The molecule has 0 unspecified atom stereocenters. The Morgan fingerprint density at radius 3 is 2.03 bits per heavy atom. The molecule has 0 saturated carbocycles. The van der Waals surface area contributed by atoms with Crippen LogP contribution in [0.25, 0.3) is 5.57 Å². The SMILES string of the molecule is COc1ccc(C(=CCCNCCCCc2cccnc2)c2ccc(OC)cc2)cc1. The van der Waals surface area contributed by atoms with Crippen molar-refractivity contribution < 1.29 is 9.47 Å².